The number of carbonyl (C=O) groups excluding carboxylic acids is 1. The number of hydrogen-bond acceptors (Lipinski definition) is 5. The first-order chi connectivity index (χ1) is 12.4. The predicted octanol–water partition coefficient (Wildman–Crippen LogP) is 0.593. The molecule has 1 amide bonds. The van der Waals surface area contributed by atoms with Crippen LogP contribution in [0.15, 0.2) is 18.2 Å². The molecule has 6 nitrogen and oxygen atoms in total. The predicted molar refractivity (Wildman–Crippen MR) is 90.3 cm³/mol. The molecular formula is C17H22F3N5O. The maximum Gasteiger partial charge on any atom is 0.402 e. The van der Waals surface area contributed by atoms with Crippen LogP contribution in [-0.2, 0) is 17.9 Å². The number of amides is 1. The second kappa shape index (κ2) is 6.71. The van der Waals surface area contributed by atoms with Crippen molar-refractivity contribution in [2.45, 2.75) is 25.3 Å². The third kappa shape index (κ3) is 3.15. The number of nitrogens with one attached hydrogen (secondary N) is 3. The molecule has 3 aliphatic heterocycles. The number of nitrogens with zero attached hydrogens (tertiary/aromatic N) is 2. The van der Waals surface area contributed by atoms with E-state index in [0.717, 1.165) is 43.0 Å². The lowest BCUT2D eigenvalue weighted by Gasteiger charge is -2.38. The van der Waals surface area contributed by atoms with Crippen LogP contribution in [0.5, 0.6) is 0 Å². The van der Waals surface area contributed by atoms with Gasteiger partial charge >= 0.3 is 6.18 Å². The minimum absolute atomic E-state index is 0.0763. The Bertz CT molecular complexity index is 689. The molecule has 2 atom stereocenters. The summed E-state index contributed by atoms with van der Waals surface area (Å²) in [5.74, 6) is -3.02. The number of fused-ring (bicyclic) bond motifs is 1. The van der Waals surface area contributed by atoms with Gasteiger partial charge in [0.05, 0.1) is 0 Å². The SMILES string of the molecule is O=C1NNCC(N2Cc3cccc(N4CCNCC4)c3C2)C1C(F)(F)F. The molecule has 0 saturated carbocycles. The molecule has 1 aromatic carbocycles. The molecule has 4 rings (SSSR count). The molecular weight excluding hydrogens is 347 g/mol. The van der Waals surface area contributed by atoms with Crippen LogP contribution in [0.1, 0.15) is 11.1 Å². The zero-order chi connectivity index (χ0) is 18.3. The number of piperazine rings is 1. The van der Waals surface area contributed by atoms with Gasteiger partial charge in [-0.25, -0.2) is 5.43 Å². The monoisotopic (exact) mass is 369 g/mol. The molecule has 0 aromatic heterocycles. The number of alkyl halides is 3. The van der Waals surface area contributed by atoms with Crippen molar-refractivity contribution in [2.75, 3.05) is 37.6 Å². The summed E-state index contributed by atoms with van der Waals surface area (Å²) in [6.07, 6.45) is -4.56. The van der Waals surface area contributed by atoms with Crippen LogP contribution in [0, 0.1) is 5.92 Å². The molecule has 2 unspecified atom stereocenters. The molecule has 0 bridgehead atoms. The Labute approximate surface area is 149 Å². The van der Waals surface area contributed by atoms with Crippen LogP contribution in [0.3, 0.4) is 0 Å². The summed E-state index contributed by atoms with van der Waals surface area (Å²) in [6.45, 7) is 4.51. The Morgan fingerprint density at radius 2 is 1.88 bits per heavy atom. The standard InChI is InChI=1S/C17H22F3N5O/c18-17(19,20)15-14(8-22-23-16(15)26)25-9-11-2-1-3-13(12(11)10-25)24-6-4-21-5-7-24/h1-3,14-15,21-22H,4-10H2,(H,23,26). The average Bonchev–Trinajstić information content (AvgIpc) is 3.05. The second-order valence-electron chi connectivity index (χ2n) is 7.01. The number of hydrazine groups is 1. The fraction of sp³-hybridized carbons (Fsp3) is 0.588. The van der Waals surface area contributed by atoms with Crippen LogP contribution in [0.4, 0.5) is 18.9 Å². The zero-order valence-corrected chi connectivity index (χ0v) is 14.3. The lowest BCUT2D eigenvalue weighted by molar-refractivity contribution is -0.201. The summed E-state index contributed by atoms with van der Waals surface area (Å²) in [5, 5.41) is 3.31. The van der Waals surface area contributed by atoms with E-state index >= 15 is 0 Å². The van der Waals surface area contributed by atoms with Gasteiger partial charge in [-0.1, -0.05) is 12.1 Å². The molecule has 3 aliphatic rings. The third-order valence-corrected chi connectivity index (χ3v) is 5.45. The third-order valence-electron chi connectivity index (χ3n) is 5.45. The summed E-state index contributed by atoms with van der Waals surface area (Å²) in [7, 11) is 0. The number of rotatable bonds is 2. The van der Waals surface area contributed by atoms with Gasteiger partial charge in [0, 0.05) is 57.5 Å². The van der Waals surface area contributed by atoms with Crippen molar-refractivity contribution in [3.05, 3.63) is 29.3 Å². The van der Waals surface area contributed by atoms with Gasteiger partial charge in [-0.2, -0.15) is 13.2 Å². The van der Waals surface area contributed by atoms with Gasteiger partial charge in [0.2, 0.25) is 5.91 Å². The van der Waals surface area contributed by atoms with Gasteiger partial charge in [-0.15, -0.1) is 0 Å². The molecule has 0 spiro atoms. The van der Waals surface area contributed by atoms with Crippen molar-refractivity contribution in [3.8, 4) is 0 Å². The van der Waals surface area contributed by atoms with E-state index < -0.39 is 24.0 Å². The highest BCUT2D eigenvalue weighted by Gasteiger charge is 2.53. The van der Waals surface area contributed by atoms with Crippen molar-refractivity contribution >= 4 is 11.6 Å². The van der Waals surface area contributed by atoms with Crippen LogP contribution >= 0.6 is 0 Å². The molecule has 26 heavy (non-hydrogen) atoms. The molecule has 0 aliphatic carbocycles. The summed E-state index contributed by atoms with van der Waals surface area (Å²) in [6, 6.07) is 5.07. The minimum Gasteiger partial charge on any atom is -0.369 e. The van der Waals surface area contributed by atoms with Gasteiger partial charge in [-0.3, -0.25) is 15.1 Å². The minimum atomic E-state index is -4.56. The van der Waals surface area contributed by atoms with Gasteiger partial charge in [-0.05, 0) is 17.2 Å². The van der Waals surface area contributed by atoms with Crippen LogP contribution < -0.4 is 21.1 Å². The van der Waals surface area contributed by atoms with Crippen molar-refractivity contribution in [3.63, 3.8) is 0 Å². The molecule has 3 N–H and O–H groups in total. The van der Waals surface area contributed by atoms with Crippen molar-refractivity contribution < 1.29 is 18.0 Å². The first-order valence-electron chi connectivity index (χ1n) is 8.85. The van der Waals surface area contributed by atoms with E-state index in [4.69, 9.17) is 0 Å². The fourth-order valence-corrected chi connectivity index (χ4v) is 4.19. The van der Waals surface area contributed by atoms with Crippen LogP contribution in [0.2, 0.25) is 0 Å². The Morgan fingerprint density at radius 3 is 2.62 bits per heavy atom. The van der Waals surface area contributed by atoms with Gasteiger partial charge < -0.3 is 10.2 Å². The van der Waals surface area contributed by atoms with E-state index in [2.05, 4.69) is 21.1 Å². The maximum absolute atomic E-state index is 13.5. The van der Waals surface area contributed by atoms with E-state index in [9.17, 15) is 18.0 Å². The van der Waals surface area contributed by atoms with E-state index in [0.29, 0.717) is 13.1 Å². The van der Waals surface area contributed by atoms with Crippen molar-refractivity contribution in [1.29, 1.82) is 0 Å². The van der Waals surface area contributed by atoms with Crippen molar-refractivity contribution in [2.24, 2.45) is 5.92 Å². The summed E-state index contributed by atoms with van der Waals surface area (Å²) < 4.78 is 40.4. The highest BCUT2D eigenvalue weighted by atomic mass is 19.4. The van der Waals surface area contributed by atoms with E-state index in [1.54, 1.807) is 4.90 Å². The Hall–Kier alpha value is -1.84. The fourth-order valence-electron chi connectivity index (χ4n) is 4.19. The Balaban J connectivity index is 1.59. The second-order valence-corrected chi connectivity index (χ2v) is 7.01. The smallest absolute Gasteiger partial charge is 0.369 e. The first-order valence-corrected chi connectivity index (χ1v) is 8.85. The molecule has 1 aromatic rings. The average molecular weight is 369 g/mol. The molecule has 2 fully saturated rings. The van der Waals surface area contributed by atoms with E-state index in [1.807, 2.05) is 18.2 Å². The number of halogens is 3. The lowest BCUT2D eigenvalue weighted by atomic mass is 9.95. The number of carbonyl (C=O) groups is 1. The molecule has 142 valence electrons. The van der Waals surface area contributed by atoms with Crippen LogP contribution in [0.25, 0.3) is 0 Å². The molecule has 0 radical (unpaired) electrons. The van der Waals surface area contributed by atoms with Crippen molar-refractivity contribution in [1.82, 2.24) is 21.1 Å². The first kappa shape index (κ1) is 17.6. The van der Waals surface area contributed by atoms with Gasteiger partial charge in [0.15, 0.2) is 5.92 Å². The number of benzene rings is 1. The zero-order valence-electron chi connectivity index (χ0n) is 14.3. The summed E-state index contributed by atoms with van der Waals surface area (Å²) >= 11 is 0. The maximum atomic E-state index is 13.5. The number of anilines is 1. The van der Waals surface area contributed by atoms with Crippen LogP contribution in [-0.4, -0.2) is 55.7 Å². The quantitative estimate of drug-likeness (QED) is 0.713. The Kier molecular flexibility index (Phi) is 4.54. The Morgan fingerprint density at radius 1 is 1.12 bits per heavy atom. The van der Waals surface area contributed by atoms with Gasteiger partial charge in [0.1, 0.15) is 0 Å². The van der Waals surface area contributed by atoms with Gasteiger partial charge in [0.25, 0.3) is 0 Å². The summed E-state index contributed by atoms with van der Waals surface area (Å²) in [5.41, 5.74) is 7.97. The topological polar surface area (TPSA) is 59.6 Å². The normalized spacial score (nSPS) is 27.3. The molecule has 3 heterocycles. The van der Waals surface area contributed by atoms with E-state index in [-0.39, 0.29) is 6.54 Å². The highest BCUT2D eigenvalue weighted by Crippen LogP contribution is 2.38. The largest absolute Gasteiger partial charge is 0.402 e. The summed E-state index contributed by atoms with van der Waals surface area (Å²) in [4.78, 5) is 15.9. The lowest BCUT2D eigenvalue weighted by Crippen LogP contribution is -2.63. The van der Waals surface area contributed by atoms with E-state index in [1.165, 1.54) is 0 Å². The highest BCUT2D eigenvalue weighted by molar-refractivity contribution is 5.80. The number of hydrogen-bond donors (Lipinski definition) is 3. The molecule has 2 saturated heterocycles. The molecule has 9 heteroatoms.